The molecule has 0 aliphatic carbocycles. The second-order valence-corrected chi connectivity index (χ2v) is 6.16. The number of carboxylic acids is 1. The van der Waals surface area contributed by atoms with Crippen molar-refractivity contribution in [2.45, 2.75) is 23.5 Å². The highest BCUT2D eigenvalue weighted by molar-refractivity contribution is 7.86. The maximum Gasteiger partial charge on any atom is 0.307 e. The summed E-state index contributed by atoms with van der Waals surface area (Å²) in [5, 5.41) is 8.03. The Morgan fingerprint density at radius 2 is 1.79 bits per heavy atom. The van der Waals surface area contributed by atoms with E-state index in [9.17, 15) is 13.8 Å². The lowest BCUT2D eigenvalue weighted by Gasteiger charge is -2.16. The van der Waals surface area contributed by atoms with Gasteiger partial charge in [0.25, 0.3) is 0 Å². The zero-order valence-electron chi connectivity index (χ0n) is 11.1. The van der Waals surface area contributed by atoms with E-state index in [1.54, 1.807) is 45.3 Å². The average Bonchev–Trinajstić information content (AvgIpc) is 2.36. The van der Waals surface area contributed by atoms with Gasteiger partial charge in [0.15, 0.2) is 0 Å². The number of benzene rings is 1. The smallest absolute Gasteiger partial charge is 0.307 e. The second kappa shape index (κ2) is 6.47. The van der Waals surface area contributed by atoms with Gasteiger partial charge >= 0.3 is 5.97 Å². The van der Waals surface area contributed by atoms with E-state index in [1.807, 2.05) is 0 Å². The van der Waals surface area contributed by atoms with Crippen LogP contribution in [0, 0.1) is 0 Å². The monoisotopic (exact) mass is 283 g/mol. The van der Waals surface area contributed by atoms with Crippen molar-refractivity contribution < 1.29 is 18.9 Å². The fraction of sp³-hybridized carbons (Fsp3) is 0.385. The number of amides is 1. The van der Waals surface area contributed by atoms with Crippen LogP contribution >= 0.6 is 0 Å². The molecular formula is C13H17NO4S. The second-order valence-electron chi connectivity index (χ2n) is 4.39. The first-order chi connectivity index (χ1) is 8.82. The molecule has 1 N–H and O–H groups in total. The molecule has 2 atom stereocenters. The van der Waals surface area contributed by atoms with Gasteiger partial charge < -0.3 is 10.0 Å². The van der Waals surface area contributed by atoms with Gasteiger partial charge in [-0.2, -0.15) is 0 Å². The van der Waals surface area contributed by atoms with Crippen LogP contribution in [-0.2, 0) is 26.8 Å². The third kappa shape index (κ3) is 4.17. The lowest BCUT2D eigenvalue weighted by molar-refractivity contribution is -0.136. The molecule has 0 bridgehead atoms. The Balaban J connectivity index is 2.83. The van der Waals surface area contributed by atoms with Crippen LogP contribution in [0.3, 0.4) is 0 Å². The zero-order chi connectivity index (χ0) is 14.6. The summed E-state index contributed by atoms with van der Waals surface area (Å²) in [5.74, 6) is -1.11. The fourth-order valence-electron chi connectivity index (χ4n) is 1.58. The molecule has 0 radical (unpaired) electrons. The first-order valence-corrected chi connectivity index (χ1v) is 6.96. The van der Waals surface area contributed by atoms with Gasteiger partial charge in [-0.25, -0.2) is 0 Å². The molecule has 5 nitrogen and oxygen atoms in total. The molecule has 0 saturated heterocycles. The van der Waals surface area contributed by atoms with Gasteiger partial charge in [0, 0.05) is 19.0 Å². The highest BCUT2D eigenvalue weighted by atomic mass is 32.2. The summed E-state index contributed by atoms with van der Waals surface area (Å²) in [7, 11) is 1.80. The summed E-state index contributed by atoms with van der Waals surface area (Å²) in [6, 6.07) is 6.45. The summed E-state index contributed by atoms with van der Waals surface area (Å²) >= 11 is 0. The van der Waals surface area contributed by atoms with Gasteiger partial charge in [0.1, 0.15) is 5.25 Å². The van der Waals surface area contributed by atoms with Gasteiger partial charge in [0.05, 0.1) is 17.2 Å². The Bertz CT molecular complexity index is 496. The van der Waals surface area contributed by atoms with Crippen molar-refractivity contribution in [3.63, 3.8) is 0 Å². The topological polar surface area (TPSA) is 74.7 Å². The highest BCUT2D eigenvalue weighted by Crippen LogP contribution is 2.14. The maximum atomic E-state index is 12.2. The largest absolute Gasteiger partial charge is 0.481 e. The third-order valence-electron chi connectivity index (χ3n) is 2.62. The zero-order valence-corrected chi connectivity index (χ0v) is 11.9. The molecule has 1 rings (SSSR count). The number of hydrogen-bond acceptors (Lipinski definition) is 3. The van der Waals surface area contributed by atoms with Crippen LogP contribution in [0.25, 0.3) is 0 Å². The lowest BCUT2D eigenvalue weighted by atomic mass is 10.2. The average molecular weight is 283 g/mol. The van der Waals surface area contributed by atoms with Crippen LogP contribution in [-0.4, -0.2) is 45.4 Å². The fourth-order valence-corrected chi connectivity index (χ4v) is 2.78. The Labute approximate surface area is 114 Å². The Hall–Kier alpha value is -1.69. The molecule has 0 heterocycles. The molecular weight excluding hydrogens is 266 g/mol. The van der Waals surface area contributed by atoms with Gasteiger partial charge in [-0.1, -0.05) is 12.1 Å². The van der Waals surface area contributed by atoms with Gasteiger partial charge in [-0.3, -0.25) is 13.8 Å². The van der Waals surface area contributed by atoms with Crippen LogP contribution in [0.4, 0.5) is 0 Å². The minimum Gasteiger partial charge on any atom is -0.481 e. The summed E-state index contributed by atoms with van der Waals surface area (Å²) in [6.07, 6.45) is -0.0703. The summed E-state index contributed by atoms with van der Waals surface area (Å²) < 4.78 is 12.2. The van der Waals surface area contributed by atoms with Crippen molar-refractivity contribution in [3.05, 3.63) is 29.8 Å². The summed E-state index contributed by atoms with van der Waals surface area (Å²) in [4.78, 5) is 24.2. The van der Waals surface area contributed by atoms with Gasteiger partial charge in [-0.05, 0) is 24.6 Å². The van der Waals surface area contributed by atoms with Crippen molar-refractivity contribution >= 4 is 22.7 Å². The van der Waals surface area contributed by atoms with Crippen molar-refractivity contribution in [2.24, 2.45) is 0 Å². The standard InChI is InChI=1S/C13H17NO4S/c1-9(13(17)14(2)3)19(18)11-6-4-10(5-7-11)8-12(15)16/h4-7,9H,8H2,1-3H3,(H,15,16). The van der Waals surface area contributed by atoms with Crippen molar-refractivity contribution in [1.82, 2.24) is 4.90 Å². The predicted octanol–water partition coefficient (Wildman–Crippen LogP) is 0.898. The molecule has 19 heavy (non-hydrogen) atoms. The summed E-state index contributed by atoms with van der Waals surface area (Å²) in [5.41, 5.74) is 0.639. The quantitative estimate of drug-likeness (QED) is 0.871. The van der Waals surface area contributed by atoms with E-state index in [2.05, 4.69) is 0 Å². The van der Waals surface area contributed by atoms with Crippen LogP contribution in [0.1, 0.15) is 12.5 Å². The first-order valence-electron chi connectivity index (χ1n) is 5.75. The number of nitrogens with zero attached hydrogens (tertiary/aromatic N) is 1. The van der Waals surface area contributed by atoms with Crippen LogP contribution in [0.2, 0.25) is 0 Å². The highest BCUT2D eigenvalue weighted by Gasteiger charge is 2.22. The minimum atomic E-state index is -1.44. The lowest BCUT2D eigenvalue weighted by Crippen LogP contribution is -2.34. The van der Waals surface area contributed by atoms with E-state index in [4.69, 9.17) is 5.11 Å². The minimum absolute atomic E-state index is 0.0703. The number of rotatable bonds is 5. The molecule has 0 spiro atoms. The van der Waals surface area contributed by atoms with Crippen molar-refractivity contribution in [3.8, 4) is 0 Å². The number of hydrogen-bond donors (Lipinski definition) is 1. The molecule has 0 aliphatic rings. The molecule has 0 aromatic heterocycles. The Kier molecular flexibility index (Phi) is 5.23. The molecule has 104 valence electrons. The number of carboxylic acid groups (broad SMARTS) is 1. The van der Waals surface area contributed by atoms with Crippen LogP contribution < -0.4 is 0 Å². The summed E-state index contributed by atoms with van der Waals surface area (Å²) in [6.45, 7) is 1.61. The number of carbonyl (C=O) groups excluding carboxylic acids is 1. The molecule has 0 fully saturated rings. The molecule has 2 unspecified atom stereocenters. The molecule has 0 aliphatic heterocycles. The molecule has 1 amide bonds. The molecule has 6 heteroatoms. The van der Waals surface area contributed by atoms with E-state index in [1.165, 1.54) is 4.90 Å². The van der Waals surface area contributed by atoms with Crippen molar-refractivity contribution in [1.29, 1.82) is 0 Å². The molecule has 1 aromatic carbocycles. The number of carbonyl (C=O) groups is 2. The molecule has 0 saturated carbocycles. The first kappa shape index (κ1) is 15.4. The van der Waals surface area contributed by atoms with Crippen LogP contribution in [0.5, 0.6) is 0 Å². The SMILES string of the molecule is CC(C(=O)N(C)C)S(=O)c1ccc(CC(=O)O)cc1. The van der Waals surface area contributed by atoms with E-state index in [0.29, 0.717) is 10.5 Å². The van der Waals surface area contributed by atoms with E-state index < -0.39 is 22.0 Å². The van der Waals surface area contributed by atoms with Gasteiger partial charge in [-0.15, -0.1) is 0 Å². The van der Waals surface area contributed by atoms with Gasteiger partial charge in [0.2, 0.25) is 5.91 Å². The predicted molar refractivity (Wildman–Crippen MR) is 72.3 cm³/mol. The third-order valence-corrected chi connectivity index (χ3v) is 4.20. The van der Waals surface area contributed by atoms with Crippen molar-refractivity contribution in [2.75, 3.05) is 14.1 Å². The Morgan fingerprint density at radius 3 is 2.21 bits per heavy atom. The van der Waals surface area contributed by atoms with E-state index in [0.717, 1.165) is 0 Å². The molecule has 1 aromatic rings. The number of aliphatic carboxylic acids is 1. The maximum absolute atomic E-state index is 12.2. The van der Waals surface area contributed by atoms with E-state index in [-0.39, 0.29) is 12.3 Å². The van der Waals surface area contributed by atoms with Crippen LogP contribution in [0.15, 0.2) is 29.2 Å². The normalized spacial score (nSPS) is 13.6. The van der Waals surface area contributed by atoms with E-state index >= 15 is 0 Å². The Morgan fingerprint density at radius 1 is 1.26 bits per heavy atom.